The van der Waals surface area contributed by atoms with Gasteiger partial charge in [-0.2, -0.15) is 0 Å². The molecule has 1 aromatic rings. The van der Waals surface area contributed by atoms with Gasteiger partial charge in [0.05, 0.1) is 5.71 Å². The fourth-order valence-corrected chi connectivity index (χ4v) is 2.13. The standard InChI is InChI=1S/C15H23NOS/c1-5-6-12-14(13-10-8-7-9-11-13)16-18(17)15(2,3)4/h7-11H,5-6,12H2,1-4H3/t18-/m1/s1. The van der Waals surface area contributed by atoms with Gasteiger partial charge in [-0.3, -0.25) is 0 Å². The first-order chi connectivity index (χ1) is 8.45. The molecule has 0 saturated carbocycles. The van der Waals surface area contributed by atoms with E-state index in [1.807, 2.05) is 51.1 Å². The number of rotatable bonds is 5. The highest BCUT2D eigenvalue weighted by molar-refractivity contribution is 7.91. The summed E-state index contributed by atoms with van der Waals surface area (Å²) in [5.74, 6) is 0. The van der Waals surface area contributed by atoms with Crippen molar-refractivity contribution in [3.8, 4) is 0 Å². The van der Waals surface area contributed by atoms with Crippen molar-refractivity contribution in [2.75, 3.05) is 0 Å². The van der Waals surface area contributed by atoms with Gasteiger partial charge in [0, 0.05) is 5.56 Å². The Morgan fingerprint density at radius 3 is 2.33 bits per heavy atom. The molecular weight excluding hydrogens is 242 g/mol. The molecule has 100 valence electrons. The maximum absolute atomic E-state index is 12.1. The highest BCUT2D eigenvalue weighted by Gasteiger charge is 2.27. The first kappa shape index (κ1) is 15.3. The van der Waals surface area contributed by atoms with Crippen LogP contribution in [-0.4, -0.2) is 15.0 Å². The third-order valence-electron chi connectivity index (χ3n) is 2.59. The Kier molecular flexibility index (Phi) is 5.89. The Bertz CT molecular complexity index is 381. The number of nitrogens with zero attached hydrogens (tertiary/aromatic N) is 1. The Balaban J connectivity index is 2.95. The molecule has 0 saturated heterocycles. The Labute approximate surface area is 114 Å². The number of hydrogen-bond donors (Lipinski definition) is 0. The Morgan fingerprint density at radius 2 is 1.83 bits per heavy atom. The van der Waals surface area contributed by atoms with Crippen LogP contribution in [0.15, 0.2) is 34.7 Å². The topological polar surface area (TPSA) is 35.4 Å². The average Bonchev–Trinajstić information content (AvgIpc) is 2.34. The van der Waals surface area contributed by atoms with Gasteiger partial charge in [0.25, 0.3) is 0 Å². The minimum atomic E-state index is -1.18. The van der Waals surface area contributed by atoms with E-state index >= 15 is 0 Å². The van der Waals surface area contributed by atoms with Crippen LogP contribution in [0.3, 0.4) is 0 Å². The zero-order chi connectivity index (χ0) is 13.6. The SMILES string of the molecule is CCCCC(=N[S@+]([O-])C(C)(C)C)c1ccccc1. The lowest BCUT2D eigenvalue weighted by Gasteiger charge is -2.19. The van der Waals surface area contributed by atoms with Crippen molar-refractivity contribution < 1.29 is 4.55 Å². The monoisotopic (exact) mass is 265 g/mol. The van der Waals surface area contributed by atoms with Crippen LogP contribution in [0.5, 0.6) is 0 Å². The summed E-state index contributed by atoms with van der Waals surface area (Å²) in [6.07, 6.45) is 3.09. The van der Waals surface area contributed by atoms with Gasteiger partial charge in [-0.15, -0.1) is 0 Å². The van der Waals surface area contributed by atoms with Crippen LogP contribution in [0, 0.1) is 0 Å². The predicted octanol–water partition coefficient (Wildman–Crippen LogP) is 4.13. The summed E-state index contributed by atoms with van der Waals surface area (Å²) < 4.78 is 16.3. The van der Waals surface area contributed by atoms with Gasteiger partial charge in [-0.05, 0) is 33.6 Å². The van der Waals surface area contributed by atoms with Crippen molar-refractivity contribution in [3.63, 3.8) is 0 Å². The fourth-order valence-electron chi connectivity index (χ4n) is 1.45. The van der Waals surface area contributed by atoms with Gasteiger partial charge >= 0.3 is 0 Å². The van der Waals surface area contributed by atoms with Crippen molar-refractivity contribution in [2.45, 2.75) is 51.7 Å². The van der Waals surface area contributed by atoms with E-state index < -0.39 is 11.4 Å². The molecule has 3 heteroatoms. The number of benzene rings is 1. The molecule has 0 fully saturated rings. The predicted molar refractivity (Wildman–Crippen MR) is 80.4 cm³/mol. The first-order valence-corrected chi connectivity index (χ1v) is 7.61. The van der Waals surface area contributed by atoms with Gasteiger partial charge in [-0.25, -0.2) is 0 Å². The molecule has 0 aromatic heterocycles. The van der Waals surface area contributed by atoms with Crippen LogP contribution < -0.4 is 0 Å². The van der Waals surface area contributed by atoms with E-state index in [1.165, 1.54) is 0 Å². The smallest absolute Gasteiger partial charge is 0.144 e. The quantitative estimate of drug-likeness (QED) is 0.582. The van der Waals surface area contributed by atoms with E-state index in [9.17, 15) is 4.55 Å². The van der Waals surface area contributed by atoms with Crippen LogP contribution in [0.25, 0.3) is 0 Å². The van der Waals surface area contributed by atoms with Crippen molar-refractivity contribution >= 4 is 17.1 Å². The molecule has 1 atom stereocenters. The molecule has 0 spiro atoms. The van der Waals surface area contributed by atoms with Gasteiger partial charge in [-0.1, -0.05) is 48.1 Å². The normalized spacial score (nSPS) is 14.6. The van der Waals surface area contributed by atoms with E-state index in [0.29, 0.717) is 0 Å². The lowest BCUT2D eigenvalue weighted by Crippen LogP contribution is -2.27. The largest absolute Gasteiger partial charge is 0.591 e. The Morgan fingerprint density at radius 1 is 1.22 bits per heavy atom. The second-order valence-electron chi connectivity index (χ2n) is 5.37. The zero-order valence-corrected chi connectivity index (χ0v) is 12.6. The lowest BCUT2D eigenvalue weighted by atomic mass is 10.1. The first-order valence-electron chi connectivity index (χ1n) is 6.50. The highest BCUT2D eigenvalue weighted by Crippen LogP contribution is 2.19. The molecule has 0 aliphatic carbocycles. The summed E-state index contributed by atoms with van der Waals surface area (Å²) >= 11 is -1.18. The van der Waals surface area contributed by atoms with E-state index in [-0.39, 0.29) is 4.75 Å². The maximum Gasteiger partial charge on any atom is 0.144 e. The van der Waals surface area contributed by atoms with Crippen molar-refractivity contribution in [3.05, 3.63) is 35.9 Å². The molecule has 0 aliphatic heterocycles. The van der Waals surface area contributed by atoms with Crippen LogP contribution >= 0.6 is 0 Å². The average molecular weight is 265 g/mol. The van der Waals surface area contributed by atoms with Crippen LogP contribution in [-0.2, 0) is 11.4 Å². The Hall–Kier alpha value is -0.800. The number of hydrogen-bond acceptors (Lipinski definition) is 2. The van der Waals surface area contributed by atoms with Gasteiger partial charge < -0.3 is 4.55 Å². The molecule has 18 heavy (non-hydrogen) atoms. The second-order valence-corrected chi connectivity index (χ2v) is 7.27. The van der Waals surface area contributed by atoms with Crippen LogP contribution in [0.2, 0.25) is 0 Å². The van der Waals surface area contributed by atoms with E-state index in [4.69, 9.17) is 0 Å². The summed E-state index contributed by atoms with van der Waals surface area (Å²) in [6, 6.07) is 10.1. The molecule has 0 aliphatic rings. The van der Waals surface area contributed by atoms with Gasteiger partial charge in [0.15, 0.2) is 0 Å². The molecule has 0 N–H and O–H groups in total. The molecule has 0 heterocycles. The zero-order valence-electron chi connectivity index (χ0n) is 11.8. The van der Waals surface area contributed by atoms with E-state index in [0.717, 1.165) is 30.5 Å². The molecule has 1 aromatic carbocycles. The van der Waals surface area contributed by atoms with Gasteiger partial charge in [0.1, 0.15) is 16.1 Å². The number of unbranched alkanes of at least 4 members (excludes halogenated alkanes) is 1. The van der Waals surface area contributed by atoms with Crippen LogP contribution in [0.4, 0.5) is 0 Å². The van der Waals surface area contributed by atoms with Crippen molar-refractivity contribution in [1.82, 2.24) is 0 Å². The van der Waals surface area contributed by atoms with Crippen molar-refractivity contribution in [2.24, 2.45) is 4.40 Å². The van der Waals surface area contributed by atoms with Crippen molar-refractivity contribution in [1.29, 1.82) is 0 Å². The van der Waals surface area contributed by atoms with Crippen LogP contribution in [0.1, 0.15) is 52.5 Å². The minimum absolute atomic E-state index is 0.299. The second kappa shape index (κ2) is 6.95. The third-order valence-corrected chi connectivity index (χ3v) is 4.03. The van der Waals surface area contributed by atoms with Gasteiger partial charge in [0.2, 0.25) is 0 Å². The summed E-state index contributed by atoms with van der Waals surface area (Å²) in [6.45, 7) is 8.02. The molecule has 0 bridgehead atoms. The molecule has 0 unspecified atom stereocenters. The molecule has 1 rings (SSSR count). The lowest BCUT2D eigenvalue weighted by molar-refractivity contribution is 0.561. The van der Waals surface area contributed by atoms with E-state index in [2.05, 4.69) is 11.3 Å². The molecule has 0 radical (unpaired) electrons. The summed E-state index contributed by atoms with van der Waals surface area (Å²) in [5.41, 5.74) is 2.05. The summed E-state index contributed by atoms with van der Waals surface area (Å²) in [4.78, 5) is 0. The molecule has 2 nitrogen and oxygen atoms in total. The van der Waals surface area contributed by atoms with E-state index in [1.54, 1.807) is 0 Å². The third kappa shape index (κ3) is 4.83. The maximum atomic E-state index is 12.1. The highest BCUT2D eigenvalue weighted by atomic mass is 32.2. The summed E-state index contributed by atoms with van der Waals surface area (Å²) in [7, 11) is 0. The summed E-state index contributed by atoms with van der Waals surface area (Å²) in [5, 5.41) is 0. The fraction of sp³-hybridized carbons (Fsp3) is 0.533. The minimum Gasteiger partial charge on any atom is -0.591 e. The molecular formula is C15H23NOS. The molecule has 0 amide bonds.